The topological polar surface area (TPSA) is 79.4 Å². The van der Waals surface area contributed by atoms with Gasteiger partial charge in [-0.25, -0.2) is 0 Å². The molecule has 1 N–H and O–H groups in total. The number of thioether (sulfide) groups is 1. The monoisotopic (exact) mass is 387 g/mol. The minimum atomic E-state index is -0.505. The molecule has 6 nitrogen and oxygen atoms in total. The average molecular weight is 388 g/mol. The molecule has 1 aliphatic heterocycles. The zero-order valence-corrected chi connectivity index (χ0v) is 15.3. The van der Waals surface area contributed by atoms with Crippen LogP contribution in [0.1, 0.15) is 11.4 Å². The lowest BCUT2D eigenvalue weighted by Gasteiger charge is -2.12. The van der Waals surface area contributed by atoms with E-state index in [1.165, 1.54) is 0 Å². The predicted molar refractivity (Wildman–Crippen MR) is 102 cm³/mol. The molecule has 3 amide bonds. The molecular formula is C18H14ClN3O3S. The van der Waals surface area contributed by atoms with E-state index < -0.39 is 17.1 Å². The van der Waals surface area contributed by atoms with Crippen molar-refractivity contribution < 1.29 is 14.4 Å². The van der Waals surface area contributed by atoms with Gasteiger partial charge in [0.2, 0.25) is 5.91 Å². The zero-order chi connectivity index (χ0) is 18.7. The average Bonchev–Trinajstić information content (AvgIpc) is 2.84. The van der Waals surface area contributed by atoms with Crippen molar-refractivity contribution in [2.24, 2.45) is 0 Å². The fourth-order valence-electron chi connectivity index (χ4n) is 2.29. The van der Waals surface area contributed by atoms with Crippen LogP contribution in [0.5, 0.6) is 0 Å². The molecular weight excluding hydrogens is 374 g/mol. The van der Waals surface area contributed by atoms with Gasteiger partial charge in [-0.1, -0.05) is 17.7 Å². The van der Waals surface area contributed by atoms with Gasteiger partial charge >= 0.3 is 0 Å². The molecule has 0 aliphatic carbocycles. The lowest BCUT2D eigenvalue weighted by Crippen LogP contribution is -2.36. The quantitative estimate of drug-likeness (QED) is 0.809. The van der Waals surface area contributed by atoms with Crippen molar-refractivity contribution in [3.8, 4) is 0 Å². The van der Waals surface area contributed by atoms with Gasteiger partial charge in [0.05, 0.1) is 10.6 Å². The highest BCUT2D eigenvalue weighted by atomic mass is 35.5. The van der Waals surface area contributed by atoms with Crippen molar-refractivity contribution in [1.29, 1.82) is 0 Å². The normalized spacial score (nSPS) is 15.6. The van der Waals surface area contributed by atoms with E-state index in [4.69, 9.17) is 11.6 Å². The number of nitrogens with zero attached hydrogens (tertiary/aromatic N) is 2. The molecule has 0 radical (unpaired) electrons. The first-order valence-electron chi connectivity index (χ1n) is 7.67. The number of rotatable bonds is 4. The molecule has 1 saturated heterocycles. The number of aromatic nitrogens is 1. The first-order valence-corrected chi connectivity index (χ1v) is 8.86. The second kappa shape index (κ2) is 7.72. The number of pyridine rings is 1. The second-order valence-electron chi connectivity index (χ2n) is 5.53. The van der Waals surface area contributed by atoms with Crippen LogP contribution in [0.2, 0.25) is 5.02 Å². The maximum Gasteiger partial charge on any atom is 0.294 e. The standard InChI is InChI=1S/C18H14ClN3O3S/c1-11-3-2-4-14(20-11)9-15-17(24)22(18(25)26-15)10-16(23)21-13-7-5-12(19)6-8-13/h2-9H,10H2,1H3,(H,21,23)/b15-9+. The fourth-order valence-corrected chi connectivity index (χ4v) is 3.24. The van der Waals surface area contributed by atoms with Gasteiger partial charge in [-0.05, 0) is 61.2 Å². The number of aryl methyl sites for hydroxylation is 1. The predicted octanol–water partition coefficient (Wildman–Crippen LogP) is 3.72. The first kappa shape index (κ1) is 18.2. The van der Waals surface area contributed by atoms with E-state index in [2.05, 4.69) is 10.3 Å². The number of hydrogen-bond donors (Lipinski definition) is 1. The Kier molecular flexibility index (Phi) is 5.39. The van der Waals surface area contributed by atoms with Crippen LogP contribution in [-0.2, 0) is 9.59 Å². The van der Waals surface area contributed by atoms with Crippen molar-refractivity contribution in [1.82, 2.24) is 9.88 Å². The number of carbonyl (C=O) groups excluding carboxylic acids is 3. The summed E-state index contributed by atoms with van der Waals surface area (Å²) in [6.45, 7) is 1.48. The number of amides is 3. The van der Waals surface area contributed by atoms with E-state index in [0.717, 1.165) is 22.4 Å². The number of benzene rings is 1. The molecule has 3 rings (SSSR count). The van der Waals surface area contributed by atoms with Crippen molar-refractivity contribution in [2.45, 2.75) is 6.92 Å². The number of imide groups is 1. The van der Waals surface area contributed by atoms with Crippen molar-refractivity contribution in [3.05, 3.63) is 63.8 Å². The van der Waals surface area contributed by atoms with Crippen molar-refractivity contribution in [3.63, 3.8) is 0 Å². The van der Waals surface area contributed by atoms with E-state index in [1.54, 1.807) is 36.4 Å². The summed E-state index contributed by atoms with van der Waals surface area (Å²) in [6, 6.07) is 11.9. The van der Waals surface area contributed by atoms with Crippen LogP contribution in [0.15, 0.2) is 47.4 Å². The molecule has 0 bridgehead atoms. The Bertz CT molecular complexity index is 912. The molecule has 132 valence electrons. The van der Waals surface area contributed by atoms with Crippen LogP contribution < -0.4 is 5.32 Å². The van der Waals surface area contributed by atoms with Gasteiger partial charge in [0.1, 0.15) is 6.54 Å². The fraction of sp³-hybridized carbons (Fsp3) is 0.111. The Morgan fingerprint density at radius 1 is 1.23 bits per heavy atom. The number of nitrogens with one attached hydrogen (secondary N) is 1. The largest absolute Gasteiger partial charge is 0.325 e. The molecule has 8 heteroatoms. The van der Waals surface area contributed by atoms with Crippen LogP contribution in [0.3, 0.4) is 0 Å². The minimum Gasteiger partial charge on any atom is -0.325 e. The maximum absolute atomic E-state index is 12.4. The molecule has 0 spiro atoms. The Morgan fingerprint density at radius 3 is 2.65 bits per heavy atom. The molecule has 2 heterocycles. The summed E-state index contributed by atoms with van der Waals surface area (Å²) in [4.78, 5) is 42.1. The first-order chi connectivity index (χ1) is 12.4. The third-order valence-corrected chi connectivity index (χ3v) is 4.65. The molecule has 0 atom stereocenters. The Balaban J connectivity index is 1.69. The van der Waals surface area contributed by atoms with Crippen LogP contribution in [0.4, 0.5) is 10.5 Å². The highest BCUT2D eigenvalue weighted by molar-refractivity contribution is 8.18. The van der Waals surface area contributed by atoms with Gasteiger partial charge in [0, 0.05) is 16.4 Å². The summed E-state index contributed by atoms with van der Waals surface area (Å²) in [5.74, 6) is -0.973. The summed E-state index contributed by atoms with van der Waals surface area (Å²) >= 11 is 6.59. The summed E-state index contributed by atoms with van der Waals surface area (Å²) in [7, 11) is 0. The second-order valence-corrected chi connectivity index (χ2v) is 6.96. The summed E-state index contributed by atoms with van der Waals surface area (Å²) in [5, 5.41) is 2.68. The lowest BCUT2D eigenvalue weighted by atomic mass is 10.3. The van der Waals surface area contributed by atoms with Crippen LogP contribution in [0.25, 0.3) is 6.08 Å². The van der Waals surface area contributed by atoms with Crippen LogP contribution in [-0.4, -0.2) is 33.5 Å². The maximum atomic E-state index is 12.4. The van der Waals surface area contributed by atoms with Crippen LogP contribution >= 0.6 is 23.4 Å². The highest BCUT2D eigenvalue weighted by Crippen LogP contribution is 2.31. The van der Waals surface area contributed by atoms with Gasteiger partial charge in [-0.3, -0.25) is 24.3 Å². The molecule has 0 saturated carbocycles. The minimum absolute atomic E-state index is 0.243. The Labute approximate surface area is 159 Å². The molecule has 1 aliphatic rings. The van der Waals surface area contributed by atoms with Gasteiger partial charge in [-0.2, -0.15) is 0 Å². The Morgan fingerprint density at radius 2 is 1.96 bits per heavy atom. The van der Waals surface area contributed by atoms with E-state index in [9.17, 15) is 14.4 Å². The van der Waals surface area contributed by atoms with Crippen LogP contribution in [0, 0.1) is 6.92 Å². The van der Waals surface area contributed by atoms with Gasteiger partial charge in [0.15, 0.2) is 0 Å². The molecule has 0 unspecified atom stereocenters. The SMILES string of the molecule is Cc1cccc(/C=C2/SC(=O)N(CC(=O)Nc3ccc(Cl)cc3)C2=O)n1. The van der Waals surface area contributed by atoms with E-state index >= 15 is 0 Å². The summed E-state index contributed by atoms with van der Waals surface area (Å²) in [5.41, 5.74) is 1.92. The zero-order valence-electron chi connectivity index (χ0n) is 13.7. The summed E-state index contributed by atoms with van der Waals surface area (Å²) in [6.07, 6.45) is 1.55. The number of hydrogen-bond acceptors (Lipinski definition) is 5. The summed E-state index contributed by atoms with van der Waals surface area (Å²) < 4.78 is 0. The number of anilines is 1. The van der Waals surface area contributed by atoms with E-state index in [-0.39, 0.29) is 11.4 Å². The highest BCUT2D eigenvalue weighted by Gasteiger charge is 2.36. The smallest absolute Gasteiger partial charge is 0.294 e. The molecule has 26 heavy (non-hydrogen) atoms. The van der Waals surface area contributed by atoms with E-state index in [1.807, 2.05) is 19.1 Å². The van der Waals surface area contributed by atoms with Crippen molar-refractivity contribution >= 4 is 52.2 Å². The molecule has 1 aromatic heterocycles. The Hall–Kier alpha value is -2.64. The third kappa shape index (κ3) is 4.30. The van der Waals surface area contributed by atoms with Gasteiger partial charge in [-0.15, -0.1) is 0 Å². The number of halogens is 1. The lowest BCUT2D eigenvalue weighted by molar-refractivity contribution is -0.127. The third-order valence-electron chi connectivity index (χ3n) is 3.49. The molecule has 1 fully saturated rings. The van der Waals surface area contributed by atoms with Crippen molar-refractivity contribution in [2.75, 3.05) is 11.9 Å². The van der Waals surface area contributed by atoms with Gasteiger partial charge < -0.3 is 5.32 Å². The molecule has 1 aromatic carbocycles. The van der Waals surface area contributed by atoms with Gasteiger partial charge in [0.25, 0.3) is 11.1 Å². The van der Waals surface area contributed by atoms with E-state index in [0.29, 0.717) is 16.4 Å². The molecule has 2 aromatic rings. The number of carbonyl (C=O) groups is 3.